The van der Waals surface area contributed by atoms with Gasteiger partial charge in [0.05, 0.1) is 11.6 Å². The molecule has 0 saturated carbocycles. The largest absolute Gasteiger partial charge is 0.490 e. The maximum atomic E-state index is 10.7. The Kier molecular flexibility index (Phi) is 7.10. The Bertz CT molecular complexity index is 1240. The molecule has 3 aromatic carbocycles. The summed E-state index contributed by atoms with van der Waals surface area (Å²) in [5.74, 6) is 0.678. The fourth-order valence-corrected chi connectivity index (χ4v) is 4.94. The molecule has 0 bridgehead atoms. The van der Waals surface area contributed by atoms with Crippen LogP contribution in [0, 0.1) is 11.3 Å². The zero-order valence-electron chi connectivity index (χ0n) is 19.7. The van der Waals surface area contributed by atoms with Gasteiger partial charge in [0, 0.05) is 38.1 Å². The molecule has 0 spiro atoms. The van der Waals surface area contributed by atoms with Gasteiger partial charge in [0.15, 0.2) is 0 Å². The molecular weight excluding hydrogens is 436 g/mol. The number of nitriles is 1. The predicted molar refractivity (Wildman–Crippen MR) is 137 cm³/mol. The van der Waals surface area contributed by atoms with Gasteiger partial charge in [0.25, 0.3) is 0 Å². The van der Waals surface area contributed by atoms with Gasteiger partial charge in [-0.1, -0.05) is 66.7 Å². The zero-order chi connectivity index (χ0) is 24.0. The number of β-amino-alcohol motifs (C(OH)–C–C–N with tert-alkyl or cyclic N) is 1. The molecule has 2 N–H and O–H groups in total. The van der Waals surface area contributed by atoms with Crippen molar-refractivity contribution in [2.75, 3.05) is 39.3 Å². The summed E-state index contributed by atoms with van der Waals surface area (Å²) in [6, 6.07) is 31.2. The van der Waals surface area contributed by atoms with E-state index < -0.39 is 6.10 Å². The number of hydrogen-bond donors (Lipinski definition) is 2. The average molecular weight is 467 g/mol. The number of ether oxygens (including phenoxy) is 1. The van der Waals surface area contributed by atoms with Crippen LogP contribution < -0.4 is 4.74 Å². The van der Waals surface area contributed by atoms with Crippen LogP contribution in [0.15, 0.2) is 84.9 Å². The molecule has 2 heterocycles. The highest BCUT2D eigenvalue weighted by molar-refractivity contribution is 5.87. The summed E-state index contributed by atoms with van der Waals surface area (Å²) in [6.45, 7) is 4.44. The first kappa shape index (κ1) is 23.1. The number of fused-ring (bicyclic) bond motifs is 1. The minimum Gasteiger partial charge on any atom is -0.490 e. The van der Waals surface area contributed by atoms with Crippen molar-refractivity contribution in [3.8, 4) is 11.8 Å². The number of aliphatic hydroxyl groups is 1. The van der Waals surface area contributed by atoms with Crippen LogP contribution in [-0.4, -0.2) is 65.3 Å². The minimum atomic E-state index is -0.592. The third-order valence-electron chi connectivity index (χ3n) is 6.65. The molecule has 5 rings (SSSR count). The van der Waals surface area contributed by atoms with E-state index >= 15 is 0 Å². The molecule has 1 saturated heterocycles. The first-order chi connectivity index (χ1) is 17.2. The van der Waals surface area contributed by atoms with E-state index in [4.69, 9.17) is 10.00 Å². The molecule has 6 nitrogen and oxygen atoms in total. The van der Waals surface area contributed by atoms with Crippen LogP contribution >= 0.6 is 0 Å². The maximum Gasteiger partial charge on any atom is 0.128 e. The Morgan fingerprint density at radius 3 is 2.17 bits per heavy atom. The Balaban J connectivity index is 1.18. The number of piperazine rings is 1. The van der Waals surface area contributed by atoms with Gasteiger partial charge in [-0.3, -0.25) is 9.80 Å². The van der Waals surface area contributed by atoms with E-state index in [9.17, 15) is 5.11 Å². The van der Waals surface area contributed by atoms with Gasteiger partial charge in [-0.2, -0.15) is 5.26 Å². The van der Waals surface area contributed by atoms with E-state index in [1.807, 2.05) is 18.2 Å². The van der Waals surface area contributed by atoms with E-state index in [2.05, 4.69) is 81.5 Å². The Labute approximate surface area is 206 Å². The number of rotatable bonds is 8. The van der Waals surface area contributed by atoms with E-state index in [-0.39, 0.29) is 12.6 Å². The van der Waals surface area contributed by atoms with E-state index in [0.717, 1.165) is 37.1 Å². The number of aromatic nitrogens is 1. The fraction of sp³-hybridized carbons (Fsp3) is 0.276. The van der Waals surface area contributed by atoms with Gasteiger partial charge < -0.3 is 14.8 Å². The molecular formula is C29H30N4O2. The van der Waals surface area contributed by atoms with Crippen molar-refractivity contribution in [2.45, 2.75) is 12.1 Å². The molecule has 35 heavy (non-hydrogen) atoms. The lowest BCUT2D eigenvalue weighted by molar-refractivity contribution is 0.0404. The molecule has 4 aromatic rings. The minimum absolute atomic E-state index is 0.211. The second-order valence-electron chi connectivity index (χ2n) is 9.04. The summed E-state index contributed by atoms with van der Waals surface area (Å²) in [5, 5.41) is 20.7. The van der Waals surface area contributed by atoms with Gasteiger partial charge in [-0.05, 0) is 29.3 Å². The van der Waals surface area contributed by atoms with Gasteiger partial charge in [-0.15, -0.1) is 0 Å². The first-order valence-electron chi connectivity index (χ1n) is 12.1. The van der Waals surface area contributed by atoms with E-state index in [1.54, 1.807) is 6.07 Å². The smallest absolute Gasteiger partial charge is 0.128 e. The summed E-state index contributed by atoms with van der Waals surface area (Å²) in [5.41, 5.74) is 3.97. The Morgan fingerprint density at radius 2 is 1.54 bits per heavy atom. The molecule has 0 aliphatic carbocycles. The second-order valence-corrected chi connectivity index (χ2v) is 9.04. The van der Waals surface area contributed by atoms with E-state index in [1.165, 1.54) is 11.1 Å². The summed E-state index contributed by atoms with van der Waals surface area (Å²) < 4.78 is 5.94. The van der Waals surface area contributed by atoms with Crippen molar-refractivity contribution in [3.05, 3.63) is 102 Å². The average Bonchev–Trinajstić information content (AvgIpc) is 3.34. The number of H-pyrrole nitrogens is 1. The Morgan fingerprint density at radius 1 is 0.886 bits per heavy atom. The SMILES string of the molecule is N#Cc1cc2c(OC[C@H](O)CN3CCN(C(c4ccccc4)c4ccccc4)CC3)cccc2[nH]1. The topological polar surface area (TPSA) is 75.5 Å². The maximum absolute atomic E-state index is 10.7. The molecule has 178 valence electrons. The van der Waals surface area contributed by atoms with Gasteiger partial charge in [-0.25, -0.2) is 0 Å². The van der Waals surface area contributed by atoms with Crippen molar-refractivity contribution in [3.63, 3.8) is 0 Å². The highest BCUT2D eigenvalue weighted by Crippen LogP contribution is 2.30. The van der Waals surface area contributed by atoms with Gasteiger partial charge in [0.2, 0.25) is 0 Å². The Hall–Kier alpha value is -3.63. The molecule has 0 amide bonds. The second kappa shape index (κ2) is 10.7. The first-order valence-corrected chi connectivity index (χ1v) is 12.1. The number of nitrogens with zero attached hydrogens (tertiary/aromatic N) is 3. The van der Waals surface area contributed by atoms with Crippen LogP contribution in [0.1, 0.15) is 22.9 Å². The fourth-order valence-electron chi connectivity index (χ4n) is 4.94. The quantitative estimate of drug-likeness (QED) is 0.407. The van der Waals surface area contributed by atoms with Crippen LogP contribution in [0.4, 0.5) is 0 Å². The molecule has 1 aliphatic rings. The highest BCUT2D eigenvalue weighted by atomic mass is 16.5. The lowest BCUT2D eigenvalue weighted by Gasteiger charge is -2.40. The van der Waals surface area contributed by atoms with Crippen LogP contribution in [0.3, 0.4) is 0 Å². The molecule has 1 aromatic heterocycles. The van der Waals surface area contributed by atoms with Crippen molar-refractivity contribution in [1.82, 2.24) is 14.8 Å². The molecule has 1 fully saturated rings. The highest BCUT2D eigenvalue weighted by Gasteiger charge is 2.27. The molecule has 0 unspecified atom stereocenters. The summed E-state index contributed by atoms with van der Waals surface area (Å²) in [7, 11) is 0. The van der Waals surface area contributed by atoms with Crippen molar-refractivity contribution >= 4 is 10.9 Å². The van der Waals surface area contributed by atoms with Crippen molar-refractivity contribution in [2.24, 2.45) is 0 Å². The standard InChI is InChI=1S/C29H30N4O2/c30-19-24-18-26-27(31-24)12-7-13-28(26)35-21-25(34)20-32-14-16-33(17-15-32)29(22-8-3-1-4-9-22)23-10-5-2-6-11-23/h1-13,18,25,29,31,34H,14-17,20-21H2/t25-/m1/s1. The summed E-state index contributed by atoms with van der Waals surface area (Å²) >= 11 is 0. The zero-order valence-corrected chi connectivity index (χ0v) is 19.7. The number of aromatic amines is 1. The van der Waals surface area contributed by atoms with Crippen molar-refractivity contribution in [1.29, 1.82) is 5.26 Å². The van der Waals surface area contributed by atoms with Crippen LogP contribution in [0.2, 0.25) is 0 Å². The van der Waals surface area contributed by atoms with Gasteiger partial charge >= 0.3 is 0 Å². The number of benzene rings is 3. The van der Waals surface area contributed by atoms with Gasteiger partial charge in [0.1, 0.15) is 30.2 Å². The number of hydrogen-bond acceptors (Lipinski definition) is 5. The number of aliphatic hydroxyl groups excluding tert-OH is 1. The summed E-state index contributed by atoms with van der Waals surface area (Å²) in [6.07, 6.45) is -0.592. The van der Waals surface area contributed by atoms with Crippen LogP contribution in [0.25, 0.3) is 10.9 Å². The van der Waals surface area contributed by atoms with Crippen LogP contribution in [0.5, 0.6) is 5.75 Å². The van der Waals surface area contributed by atoms with Crippen molar-refractivity contribution < 1.29 is 9.84 Å². The number of nitrogens with one attached hydrogen (secondary N) is 1. The third-order valence-corrected chi connectivity index (χ3v) is 6.65. The molecule has 1 aliphatic heterocycles. The normalized spacial score (nSPS) is 15.8. The molecule has 6 heteroatoms. The summed E-state index contributed by atoms with van der Waals surface area (Å²) in [4.78, 5) is 7.90. The lowest BCUT2D eigenvalue weighted by Crippen LogP contribution is -2.50. The lowest BCUT2D eigenvalue weighted by atomic mass is 9.96. The molecule has 0 radical (unpaired) electrons. The monoisotopic (exact) mass is 466 g/mol. The third kappa shape index (κ3) is 5.39. The molecule has 1 atom stereocenters. The van der Waals surface area contributed by atoms with E-state index in [0.29, 0.717) is 18.0 Å². The van der Waals surface area contributed by atoms with Crippen LogP contribution in [-0.2, 0) is 0 Å². The predicted octanol–water partition coefficient (Wildman–Crippen LogP) is 4.19.